The summed E-state index contributed by atoms with van der Waals surface area (Å²) in [6, 6.07) is 3.84. The molecule has 0 fully saturated rings. The molecule has 0 saturated carbocycles. The van der Waals surface area contributed by atoms with E-state index in [9.17, 15) is 4.79 Å². The Morgan fingerprint density at radius 3 is 2.84 bits per heavy atom. The van der Waals surface area contributed by atoms with Crippen LogP contribution in [0.5, 0.6) is 0 Å². The standard InChI is InChI=1S/C15H19N3O/c1-11-8-12(2)16-14(9-11)17-15(19)10-13(3)18-6-4-5-7-18/h4,6,8-10H,5,7H2,1-3H3,(H,16,17,19). The molecule has 19 heavy (non-hydrogen) atoms. The Morgan fingerprint density at radius 1 is 1.42 bits per heavy atom. The molecule has 0 aliphatic carbocycles. The molecular weight excluding hydrogens is 238 g/mol. The zero-order valence-corrected chi connectivity index (χ0v) is 11.6. The molecule has 4 nitrogen and oxygen atoms in total. The number of carbonyl (C=O) groups is 1. The van der Waals surface area contributed by atoms with E-state index in [1.54, 1.807) is 6.08 Å². The zero-order chi connectivity index (χ0) is 13.8. The molecule has 0 atom stereocenters. The minimum atomic E-state index is -0.143. The lowest BCUT2D eigenvalue weighted by Gasteiger charge is -2.15. The number of hydrogen-bond acceptors (Lipinski definition) is 3. The largest absolute Gasteiger partial charge is 0.352 e. The molecule has 1 aliphatic heterocycles. The van der Waals surface area contributed by atoms with Crippen molar-refractivity contribution in [1.29, 1.82) is 0 Å². The van der Waals surface area contributed by atoms with Crippen molar-refractivity contribution in [3.05, 3.63) is 47.4 Å². The topological polar surface area (TPSA) is 45.2 Å². The van der Waals surface area contributed by atoms with Gasteiger partial charge < -0.3 is 10.2 Å². The van der Waals surface area contributed by atoms with Gasteiger partial charge in [0.05, 0.1) is 0 Å². The second-order valence-corrected chi connectivity index (χ2v) is 4.81. The molecule has 0 radical (unpaired) electrons. The molecule has 2 heterocycles. The first-order valence-corrected chi connectivity index (χ1v) is 6.42. The van der Waals surface area contributed by atoms with E-state index in [1.165, 1.54) is 0 Å². The highest BCUT2D eigenvalue weighted by Gasteiger charge is 2.08. The third kappa shape index (κ3) is 3.68. The van der Waals surface area contributed by atoms with Crippen molar-refractivity contribution in [2.45, 2.75) is 27.2 Å². The molecule has 0 saturated heterocycles. The zero-order valence-electron chi connectivity index (χ0n) is 11.6. The van der Waals surface area contributed by atoms with Crippen molar-refractivity contribution in [3.8, 4) is 0 Å². The first kappa shape index (κ1) is 13.3. The number of anilines is 1. The number of rotatable bonds is 3. The number of hydrogen-bond donors (Lipinski definition) is 1. The molecule has 2 rings (SSSR count). The van der Waals surface area contributed by atoms with Gasteiger partial charge in [0.15, 0.2) is 0 Å². The maximum absolute atomic E-state index is 11.9. The van der Waals surface area contributed by atoms with Crippen LogP contribution in [0.2, 0.25) is 0 Å². The van der Waals surface area contributed by atoms with Gasteiger partial charge in [0, 0.05) is 24.0 Å². The third-order valence-corrected chi connectivity index (χ3v) is 2.96. The first-order valence-electron chi connectivity index (χ1n) is 6.42. The van der Waals surface area contributed by atoms with Crippen LogP contribution < -0.4 is 5.32 Å². The van der Waals surface area contributed by atoms with E-state index in [0.717, 1.165) is 29.9 Å². The van der Waals surface area contributed by atoms with E-state index in [1.807, 2.05) is 39.1 Å². The van der Waals surface area contributed by atoms with Gasteiger partial charge in [-0.05, 0) is 51.1 Å². The molecule has 1 aromatic heterocycles. The van der Waals surface area contributed by atoms with Crippen molar-refractivity contribution in [3.63, 3.8) is 0 Å². The summed E-state index contributed by atoms with van der Waals surface area (Å²) in [4.78, 5) is 18.3. The Balaban J connectivity index is 2.04. The number of nitrogens with zero attached hydrogens (tertiary/aromatic N) is 2. The van der Waals surface area contributed by atoms with E-state index in [0.29, 0.717) is 5.82 Å². The number of carbonyl (C=O) groups excluding carboxylic acids is 1. The van der Waals surface area contributed by atoms with E-state index >= 15 is 0 Å². The fourth-order valence-electron chi connectivity index (χ4n) is 2.12. The van der Waals surface area contributed by atoms with Crippen LogP contribution in [0.4, 0.5) is 5.82 Å². The summed E-state index contributed by atoms with van der Waals surface area (Å²) in [5.74, 6) is 0.457. The third-order valence-electron chi connectivity index (χ3n) is 2.96. The highest BCUT2D eigenvalue weighted by Crippen LogP contribution is 2.13. The minimum Gasteiger partial charge on any atom is -0.352 e. The number of amides is 1. The van der Waals surface area contributed by atoms with Gasteiger partial charge >= 0.3 is 0 Å². The number of pyridine rings is 1. The average Bonchev–Trinajstić information content (AvgIpc) is 2.80. The number of aromatic nitrogens is 1. The van der Waals surface area contributed by atoms with Crippen LogP contribution in [0.15, 0.2) is 36.2 Å². The van der Waals surface area contributed by atoms with E-state index in [-0.39, 0.29) is 5.91 Å². The van der Waals surface area contributed by atoms with Crippen molar-refractivity contribution < 1.29 is 4.79 Å². The second kappa shape index (κ2) is 5.69. The second-order valence-electron chi connectivity index (χ2n) is 4.81. The predicted molar refractivity (Wildman–Crippen MR) is 76.6 cm³/mol. The van der Waals surface area contributed by atoms with Gasteiger partial charge in [-0.2, -0.15) is 0 Å². The molecule has 0 unspecified atom stereocenters. The van der Waals surface area contributed by atoms with Crippen LogP contribution in [0, 0.1) is 13.8 Å². The number of nitrogens with one attached hydrogen (secondary N) is 1. The summed E-state index contributed by atoms with van der Waals surface area (Å²) in [7, 11) is 0. The summed E-state index contributed by atoms with van der Waals surface area (Å²) in [5.41, 5.74) is 2.93. The van der Waals surface area contributed by atoms with Gasteiger partial charge in [0.1, 0.15) is 5.82 Å². The highest BCUT2D eigenvalue weighted by atomic mass is 16.1. The average molecular weight is 257 g/mol. The molecule has 0 spiro atoms. The summed E-state index contributed by atoms with van der Waals surface area (Å²) in [5, 5.41) is 2.80. The molecule has 1 N–H and O–H groups in total. The fourth-order valence-corrected chi connectivity index (χ4v) is 2.12. The maximum atomic E-state index is 11.9. The summed E-state index contributed by atoms with van der Waals surface area (Å²) < 4.78 is 0. The predicted octanol–water partition coefficient (Wildman–Crippen LogP) is 2.76. The first-order chi connectivity index (χ1) is 9.04. The molecule has 1 aromatic rings. The van der Waals surface area contributed by atoms with Crippen LogP contribution in [0.3, 0.4) is 0 Å². The van der Waals surface area contributed by atoms with Gasteiger partial charge in [-0.15, -0.1) is 0 Å². The Morgan fingerprint density at radius 2 is 2.21 bits per heavy atom. The van der Waals surface area contributed by atoms with Crippen LogP contribution >= 0.6 is 0 Å². The van der Waals surface area contributed by atoms with Crippen LogP contribution in [0.1, 0.15) is 24.6 Å². The van der Waals surface area contributed by atoms with Gasteiger partial charge in [0.25, 0.3) is 5.91 Å². The Labute approximate surface area is 113 Å². The van der Waals surface area contributed by atoms with Crippen molar-refractivity contribution >= 4 is 11.7 Å². The van der Waals surface area contributed by atoms with E-state index in [2.05, 4.69) is 21.3 Å². The monoisotopic (exact) mass is 257 g/mol. The van der Waals surface area contributed by atoms with E-state index in [4.69, 9.17) is 0 Å². The van der Waals surface area contributed by atoms with Gasteiger partial charge in [-0.1, -0.05) is 6.08 Å². The van der Waals surface area contributed by atoms with Crippen LogP contribution in [-0.4, -0.2) is 22.3 Å². The highest BCUT2D eigenvalue weighted by molar-refractivity contribution is 5.99. The normalized spacial score (nSPS) is 14.9. The minimum absolute atomic E-state index is 0.143. The molecule has 4 heteroatoms. The van der Waals surface area contributed by atoms with Gasteiger partial charge in [-0.25, -0.2) is 4.98 Å². The Hall–Kier alpha value is -2.10. The van der Waals surface area contributed by atoms with Crippen LogP contribution in [-0.2, 0) is 4.79 Å². The quantitative estimate of drug-likeness (QED) is 0.847. The Kier molecular flexibility index (Phi) is 4.00. The van der Waals surface area contributed by atoms with Crippen molar-refractivity contribution in [1.82, 2.24) is 9.88 Å². The summed E-state index contributed by atoms with van der Waals surface area (Å²) in [6.07, 6.45) is 6.75. The molecule has 1 amide bonds. The van der Waals surface area contributed by atoms with Crippen molar-refractivity contribution in [2.24, 2.45) is 0 Å². The lowest BCUT2D eigenvalue weighted by atomic mass is 10.2. The molecule has 0 aromatic carbocycles. The SMILES string of the molecule is CC(=CC(=O)Nc1cc(C)cc(C)n1)N1C=CCC1. The smallest absolute Gasteiger partial charge is 0.251 e. The number of allylic oxidation sites excluding steroid dienone is 1. The fraction of sp³-hybridized carbons (Fsp3) is 0.333. The molecule has 0 bridgehead atoms. The Bertz CT molecular complexity index is 526. The lowest BCUT2D eigenvalue weighted by molar-refractivity contribution is -0.112. The van der Waals surface area contributed by atoms with E-state index < -0.39 is 0 Å². The van der Waals surface area contributed by atoms with Gasteiger partial charge in [-0.3, -0.25) is 4.79 Å². The lowest BCUT2D eigenvalue weighted by Crippen LogP contribution is -2.16. The summed E-state index contributed by atoms with van der Waals surface area (Å²) in [6.45, 7) is 6.78. The maximum Gasteiger partial charge on any atom is 0.251 e. The van der Waals surface area contributed by atoms with Crippen LogP contribution in [0.25, 0.3) is 0 Å². The molecule has 1 aliphatic rings. The number of aryl methyl sites for hydroxylation is 2. The molecular formula is C15H19N3O. The summed E-state index contributed by atoms with van der Waals surface area (Å²) >= 11 is 0. The molecule has 100 valence electrons. The van der Waals surface area contributed by atoms with Gasteiger partial charge in [0.2, 0.25) is 0 Å². The van der Waals surface area contributed by atoms with Crippen molar-refractivity contribution in [2.75, 3.05) is 11.9 Å².